The van der Waals surface area contributed by atoms with E-state index in [0.717, 1.165) is 12.6 Å². The fourth-order valence-electron chi connectivity index (χ4n) is 1.89. The number of carbonyl (C=O) groups is 1. The van der Waals surface area contributed by atoms with Gasteiger partial charge in [-0.05, 0) is 24.3 Å². The predicted octanol–water partition coefficient (Wildman–Crippen LogP) is 3.04. The maximum Gasteiger partial charge on any atom is 0.471 e. The summed E-state index contributed by atoms with van der Waals surface area (Å²) in [6.45, 7) is 0. The van der Waals surface area contributed by atoms with Crippen molar-refractivity contribution in [3.63, 3.8) is 0 Å². The number of rotatable bonds is 3. The van der Waals surface area contributed by atoms with Crippen LogP contribution in [0.5, 0.6) is 0 Å². The Morgan fingerprint density at radius 2 is 1.92 bits per heavy atom. The van der Waals surface area contributed by atoms with E-state index in [2.05, 4.69) is 24.0 Å². The van der Waals surface area contributed by atoms with Gasteiger partial charge in [-0.1, -0.05) is 5.16 Å². The first-order chi connectivity index (χ1) is 12.2. The molecule has 26 heavy (non-hydrogen) atoms. The van der Waals surface area contributed by atoms with E-state index in [-0.39, 0.29) is 22.0 Å². The van der Waals surface area contributed by atoms with E-state index in [9.17, 15) is 22.2 Å². The molecule has 0 spiro atoms. The van der Waals surface area contributed by atoms with Crippen LogP contribution in [0.15, 0.2) is 55.1 Å². The molecule has 0 saturated heterocycles. The number of alkyl halides is 3. The van der Waals surface area contributed by atoms with Crippen LogP contribution in [-0.4, -0.2) is 31.5 Å². The summed E-state index contributed by atoms with van der Waals surface area (Å²) >= 11 is 0. The lowest BCUT2D eigenvalue weighted by Crippen LogP contribution is -2.05. The third kappa shape index (κ3) is 3.64. The monoisotopic (exact) mass is 386 g/mol. The first-order valence-electron chi connectivity index (χ1n) is 6.83. The van der Waals surface area contributed by atoms with Gasteiger partial charge in [-0.3, -0.25) is 4.79 Å². The van der Waals surface area contributed by atoms with Crippen molar-refractivity contribution < 1.29 is 31.1 Å². The summed E-state index contributed by atoms with van der Waals surface area (Å²) in [5.41, 5.74) is 0.213. The number of nitrogens with zero attached hydrogens (tertiary/aromatic N) is 4. The van der Waals surface area contributed by atoms with Crippen LogP contribution in [0.3, 0.4) is 0 Å². The van der Waals surface area contributed by atoms with Gasteiger partial charge in [0.15, 0.2) is 6.39 Å². The molecule has 0 aliphatic rings. The third-order valence-electron chi connectivity index (χ3n) is 3.12. The van der Waals surface area contributed by atoms with Gasteiger partial charge in [-0.25, -0.2) is 9.19 Å². The molecule has 12 heteroatoms. The average molecular weight is 386 g/mol. The van der Waals surface area contributed by atoms with E-state index in [4.69, 9.17) is 4.42 Å². The van der Waals surface area contributed by atoms with Gasteiger partial charge >= 0.3 is 18.0 Å². The molecule has 2 aromatic heterocycles. The quantitative estimate of drug-likeness (QED) is 0.680. The van der Waals surface area contributed by atoms with E-state index in [1.807, 2.05) is 0 Å². The van der Waals surface area contributed by atoms with Crippen LogP contribution in [0.25, 0.3) is 11.4 Å². The van der Waals surface area contributed by atoms with Crippen molar-refractivity contribution in [2.45, 2.75) is 11.1 Å². The van der Waals surface area contributed by atoms with E-state index >= 15 is 0 Å². The molecule has 136 valence electrons. The van der Waals surface area contributed by atoms with Gasteiger partial charge in [0.1, 0.15) is 0 Å². The molecule has 3 aromatic rings. The van der Waals surface area contributed by atoms with Crippen molar-refractivity contribution in [1.29, 1.82) is 0 Å². The molecule has 0 N–H and O–H groups in total. The summed E-state index contributed by atoms with van der Waals surface area (Å²) in [4.78, 5) is 18.9. The lowest BCUT2D eigenvalue weighted by atomic mass is 10.2. The zero-order valence-electron chi connectivity index (χ0n) is 12.9. The van der Waals surface area contributed by atoms with Crippen molar-refractivity contribution >= 4 is 15.6 Å². The molecule has 0 aliphatic heterocycles. The maximum atomic E-state index is 12.6. The second-order valence-corrected chi connectivity index (χ2v) is 7.27. The van der Waals surface area contributed by atoms with Crippen molar-refractivity contribution in [1.82, 2.24) is 15.1 Å². The van der Waals surface area contributed by atoms with Gasteiger partial charge in [0.05, 0.1) is 15.9 Å². The normalized spacial score (nSPS) is 14.0. The van der Waals surface area contributed by atoms with Gasteiger partial charge in [-0.2, -0.15) is 22.5 Å². The Hall–Kier alpha value is -3.02. The van der Waals surface area contributed by atoms with Gasteiger partial charge in [0.2, 0.25) is 11.6 Å². The van der Waals surface area contributed by atoms with Gasteiger partial charge < -0.3 is 8.94 Å². The van der Waals surface area contributed by atoms with Gasteiger partial charge in [-0.15, -0.1) is 0 Å². The molecule has 8 nitrogen and oxygen atoms in total. The van der Waals surface area contributed by atoms with Crippen LogP contribution in [0.2, 0.25) is 0 Å². The molecule has 1 unspecified atom stereocenters. The Morgan fingerprint density at radius 3 is 2.46 bits per heavy atom. The van der Waals surface area contributed by atoms with E-state index < -0.39 is 27.7 Å². The van der Waals surface area contributed by atoms with Crippen molar-refractivity contribution in [2.75, 3.05) is 6.26 Å². The molecule has 0 aliphatic carbocycles. The minimum Gasteiger partial charge on any atom is -0.438 e. The summed E-state index contributed by atoms with van der Waals surface area (Å²) in [6.07, 6.45) is -1.33. The summed E-state index contributed by atoms with van der Waals surface area (Å²) in [5, 5.41) is 3.25. The van der Waals surface area contributed by atoms with Crippen molar-refractivity contribution in [2.24, 2.45) is 4.36 Å². The van der Waals surface area contributed by atoms with Gasteiger partial charge in [0, 0.05) is 16.7 Å². The van der Waals surface area contributed by atoms with E-state index in [1.54, 1.807) is 0 Å². The molecular formula is C14H9F3N4O4S. The van der Waals surface area contributed by atoms with Crippen LogP contribution in [-0.2, 0) is 15.9 Å². The Kier molecular flexibility index (Phi) is 4.36. The first-order valence-corrected chi connectivity index (χ1v) is 8.75. The minimum absolute atomic E-state index is 0.164. The second kappa shape index (κ2) is 6.37. The first kappa shape index (κ1) is 17.8. The van der Waals surface area contributed by atoms with Crippen LogP contribution >= 0.6 is 0 Å². The summed E-state index contributed by atoms with van der Waals surface area (Å²) in [6, 6.07) is 5.38. The Labute approximate surface area is 144 Å². The fourth-order valence-corrected chi connectivity index (χ4v) is 3.04. The van der Waals surface area contributed by atoms with Crippen molar-refractivity contribution in [3.05, 3.63) is 48.5 Å². The number of oxazole rings is 1. The highest BCUT2D eigenvalue weighted by atomic mass is 32.2. The lowest BCUT2D eigenvalue weighted by Gasteiger charge is -2.04. The van der Waals surface area contributed by atoms with Crippen LogP contribution in [0.4, 0.5) is 13.2 Å². The average Bonchev–Trinajstić information content (AvgIpc) is 3.26. The molecule has 0 saturated carbocycles. The highest BCUT2D eigenvalue weighted by molar-refractivity contribution is 7.93. The zero-order chi connectivity index (χ0) is 18.9. The standard InChI is InChI=1S/C14H9F3N4O4S/c1-26(23,21-12(22)10-6-18-7-24-10)9-4-2-8(3-5-9)11-19-13(25-20-11)14(15,16)17/h2-7H,1H3. The molecule has 3 rings (SSSR count). The number of hydrogen-bond acceptors (Lipinski definition) is 7. The molecule has 1 atom stereocenters. The molecule has 0 fully saturated rings. The number of benzene rings is 1. The van der Waals surface area contributed by atoms with Crippen molar-refractivity contribution in [3.8, 4) is 11.4 Å². The molecule has 0 radical (unpaired) electrons. The van der Waals surface area contributed by atoms with Crippen LogP contribution < -0.4 is 0 Å². The highest BCUT2D eigenvalue weighted by Gasteiger charge is 2.38. The third-order valence-corrected chi connectivity index (χ3v) is 4.78. The fraction of sp³-hybridized carbons (Fsp3) is 0.143. The second-order valence-electron chi connectivity index (χ2n) is 5.01. The number of carbonyl (C=O) groups excluding carboxylic acids is 1. The van der Waals surface area contributed by atoms with E-state index in [1.165, 1.54) is 30.5 Å². The highest BCUT2D eigenvalue weighted by Crippen LogP contribution is 2.29. The maximum absolute atomic E-state index is 12.6. The topological polar surface area (TPSA) is 111 Å². The van der Waals surface area contributed by atoms with Crippen LogP contribution in [0, 0.1) is 0 Å². The Morgan fingerprint density at radius 1 is 1.23 bits per heavy atom. The smallest absolute Gasteiger partial charge is 0.438 e. The van der Waals surface area contributed by atoms with E-state index in [0.29, 0.717) is 0 Å². The largest absolute Gasteiger partial charge is 0.471 e. The SMILES string of the molecule is CS(=O)(=NC(=O)c1cnco1)c1ccc(-c2noc(C(F)(F)F)n2)cc1. The number of halogens is 3. The Bertz CT molecular complexity index is 1050. The predicted molar refractivity (Wildman–Crippen MR) is 80.3 cm³/mol. The molecule has 1 amide bonds. The zero-order valence-corrected chi connectivity index (χ0v) is 13.7. The number of hydrogen-bond donors (Lipinski definition) is 0. The Balaban J connectivity index is 1.88. The number of amides is 1. The summed E-state index contributed by atoms with van der Waals surface area (Å²) < 4.78 is 62.6. The summed E-state index contributed by atoms with van der Waals surface area (Å²) in [7, 11) is -3.11. The number of aromatic nitrogens is 3. The summed E-state index contributed by atoms with van der Waals surface area (Å²) in [5.74, 6) is -2.75. The molecule has 0 bridgehead atoms. The van der Waals surface area contributed by atoms with Gasteiger partial charge in [0.25, 0.3) is 0 Å². The molecular weight excluding hydrogens is 377 g/mol. The molecule has 2 heterocycles. The van der Waals surface area contributed by atoms with Crippen LogP contribution in [0.1, 0.15) is 16.4 Å². The minimum atomic E-state index is -4.75. The molecule has 1 aromatic carbocycles. The lowest BCUT2D eigenvalue weighted by molar-refractivity contribution is -0.159.